The number of methoxy groups -OCH3 is 1. The number of rotatable bonds is 5. The van der Waals surface area contributed by atoms with E-state index in [-0.39, 0.29) is 0 Å². The van der Waals surface area contributed by atoms with Gasteiger partial charge in [-0.05, 0) is 11.0 Å². The molecule has 1 aromatic rings. The predicted molar refractivity (Wildman–Crippen MR) is 102 cm³/mol. The molecule has 0 aromatic heterocycles. The van der Waals surface area contributed by atoms with Crippen LogP contribution in [0.15, 0.2) is 34.5 Å². The van der Waals surface area contributed by atoms with Crippen molar-refractivity contribution in [3.05, 3.63) is 35.4 Å². The number of hydrogen-bond acceptors (Lipinski definition) is 8. The molecule has 0 fully saturated rings. The Morgan fingerprint density at radius 2 is 1.96 bits per heavy atom. The lowest BCUT2D eigenvalue weighted by atomic mass is 9.86. The Labute approximate surface area is 158 Å². The molecule has 10 heteroatoms. The number of carbonyl (C=O) groups excluding carboxylic acids is 2. The molecule has 0 aliphatic carbocycles. The molecule has 2 rings (SSSR count). The second-order valence-corrected chi connectivity index (χ2v) is 7.02. The highest BCUT2D eigenvalue weighted by Gasteiger charge is 2.33. The van der Waals surface area contributed by atoms with Crippen molar-refractivity contribution in [3.63, 3.8) is 0 Å². The van der Waals surface area contributed by atoms with Gasteiger partial charge in [-0.2, -0.15) is 5.10 Å². The Morgan fingerprint density at radius 3 is 2.48 bits per heavy atom. The number of hydrazine groups is 2. The number of hydrogen-bond donors (Lipinski definition) is 4. The highest BCUT2D eigenvalue weighted by molar-refractivity contribution is 5.99. The van der Waals surface area contributed by atoms with Gasteiger partial charge in [0.05, 0.1) is 13.3 Å². The van der Waals surface area contributed by atoms with Crippen LogP contribution in [0.5, 0.6) is 0 Å². The molecule has 27 heavy (non-hydrogen) atoms. The summed E-state index contributed by atoms with van der Waals surface area (Å²) >= 11 is 0. The third-order valence-corrected chi connectivity index (χ3v) is 3.73. The Balaban J connectivity index is 1.96. The number of alkyl carbamates (subject to hydrolysis) is 1. The highest BCUT2D eigenvalue weighted by atomic mass is 16.5. The van der Waals surface area contributed by atoms with Crippen molar-refractivity contribution in [2.24, 2.45) is 15.6 Å². The predicted octanol–water partition coefficient (Wildman–Crippen LogP) is 0.524. The lowest BCUT2D eigenvalue weighted by Gasteiger charge is -2.28. The number of hydrazone groups is 2. The maximum atomic E-state index is 12.4. The number of benzene rings is 1. The Bertz CT molecular complexity index is 738. The fraction of sp³-hybridized carbons (Fsp3) is 0.412. The number of carbonyl (C=O) groups is 2. The SMILES string of the molecule is COC(=O)NC(C(=O)N/N=C\c1ccc(C2=NNN(C)N2)cc1)C(C)(C)C. The number of nitrogens with one attached hydrogen (secondary N) is 4. The molecular weight excluding hydrogens is 350 g/mol. The first-order valence-electron chi connectivity index (χ1n) is 8.32. The van der Waals surface area contributed by atoms with E-state index in [0.29, 0.717) is 5.84 Å². The van der Waals surface area contributed by atoms with Crippen LogP contribution in [0.1, 0.15) is 31.9 Å². The maximum Gasteiger partial charge on any atom is 0.407 e. The molecule has 1 heterocycles. The second-order valence-electron chi connectivity index (χ2n) is 7.02. The van der Waals surface area contributed by atoms with E-state index >= 15 is 0 Å². The normalized spacial score (nSPS) is 15.5. The summed E-state index contributed by atoms with van der Waals surface area (Å²) in [7, 11) is 3.05. The van der Waals surface area contributed by atoms with Gasteiger partial charge in [-0.3, -0.25) is 10.2 Å². The molecule has 1 aliphatic rings. The van der Waals surface area contributed by atoms with E-state index in [4.69, 9.17) is 0 Å². The van der Waals surface area contributed by atoms with Crippen molar-refractivity contribution in [3.8, 4) is 0 Å². The first-order chi connectivity index (χ1) is 12.7. The van der Waals surface area contributed by atoms with Gasteiger partial charge >= 0.3 is 6.09 Å². The van der Waals surface area contributed by atoms with Crippen molar-refractivity contribution in [1.29, 1.82) is 0 Å². The third kappa shape index (κ3) is 5.68. The summed E-state index contributed by atoms with van der Waals surface area (Å²) < 4.78 is 4.57. The first kappa shape index (κ1) is 20.2. The molecule has 0 saturated heterocycles. The van der Waals surface area contributed by atoms with Gasteiger partial charge in [0.2, 0.25) is 0 Å². The van der Waals surface area contributed by atoms with Gasteiger partial charge in [0, 0.05) is 12.6 Å². The average molecular weight is 375 g/mol. The molecule has 0 radical (unpaired) electrons. The molecular formula is C17H25N7O3. The molecule has 1 atom stereocenters. The van der Waals surface area contributed by atoms with Crippen molar-refractivity contribution >= 4 is 24.1 Å². The zero-order chi connectivity index (χ0) is 20.0. The summed E-state index contributed by atoms with van der Waals surface area (Å²) in [6, 6.07) is 6.67. The Kier molecular flexibility index (Phi) is 6.35. The number of nitrogens with zero attached hydrogens (tertiary/aromatic N) is 3. The molecule has 2 amide bonds. The lowest BCUT2D eigenvalue weighted by Crippen LogP contribution is -2.52. The van der Waals surface area contributed by atoms with E-state index in [9.17, 15) is 9.59 Å². The summed E-state index contributed by atoms with van der Waals surface area (Å²) in [6.45, 7) is 5.51. The monoisotopic (exact) mass is 375 g/mol. The van der Waals surface area contributed by atoms with Gasteiger partial charge in [-0.1, -0.05) is 45.0 Å². The van der Waals surface area contributed by atoms with Crippen LogP contribution in [-0.4, -0.2) is 49.4 Å². The molecule has 4 N–H and O–H groups in total. The molecule has 0 bridgehead atoms. The zero-order valence-corrected chi connectivity index (χ0v) is 16.0. The van der Waals surface area contributed by atoms with Crippen LogP contribution < -0.4 is 21.7 Å². The van der Waals surface area contributed by atoms with Crippen molar-refractivity contribution in [2.45, 2.75) is 26.8 Å². The van der Waals surface area contributed by atoms with E-state index < -0.39 is 23.5 Å². The molecule has 1 aliphatic heterocycles. The smallest absolute Gasteiger partial charge is 0.407 e. The summed E-state index contributed by atoms with van der Waals surface area (Å²) in [5, 5.41) is 12.2. The van der Waals surface area contributed by atoms with Crippen LogP contribution in [0.3, 0.4) is 0 Å². The quantitative estimate of drug-likeness (QED) is 0.440. The van der Waals surface area contributed by atoms with E-state index in [2.05, 4.69) is 36.6 Å². The summed E-state index contributed by atoms with van der Waals surface area (Å²) in [5.41, 5.74) is 9.44. The number of amides is 2. The molecule has 1 aromatic carbocycles. The molecule has 0 saturated carbocycles. The number of amidine groups is 1. The van der Waals surface area contributed by atoms with Gasteiger partial charge < -0.3 is 10.1 Å². The maximum absolute atomic E-state index is 12.4. The molecule has 1 unspecified atom stereocenters. The van der Waals surface area contributed by atoms with Gasteiger partial charge in [-0.25, -0.2) is 15.8 Å². The first-order valence-corrected chi connectivity index (χ1v) is 8.32. The fourth-order valence-corrected chi connectivity index (χ4v) is 2.28. The summed E-state index contributed by atoms with van der Waals surface area (Å²) in [5.74, 6) is 0.274. The topological polar surface area (TPSA) is 119 Å². The average Bonchev–Trinajstić information content (AvgIpc) is 3.05. The van der Waals surface area contributed by atoms with Crippen LogP contribution in [0, 0.1) is 5.41 Å². The van der Waals surface area contributed by atoms with E-state index in [1.165, 1.54) is 13.3 Å². The minimum Gasteiger partial charge on any atom is -0.453 e. The second kappa shape index (κ2) is 8.49. The largest absolute Gasteiger partial charge is 0.453 e. The standard InChI is InChI=1S/C17H25N7O3/c1-17(2,3)13(19-16(26)27-5)15(25)21-18-10-11-6-8-12(9-7-11)14-20-23-24(4)22-14/h6-10,13,23H,1-5H3,(H,19,26)(H,20,22)(H,21,25)/b18-10-. The minimum atomic E-state index is -0.791. The van der Waals surface area contributed by atoms with E-state index in [0.717, 1.165) is 11.1 Å². The van der Waals surface area contributed by atoms with Gasteiger partial charge in [0.15, 0.2) is 5.84 Å². The molecule has 0 spiro atoms. The highest BCUT2D eigenvalue weighted by Crippen LogP contribution is 2.19. The van der Waals surface area contributed by atoms with E-state index in [1.807, 2.05) is 45.0 Å². The summed E-state index contributed by atoms with van der Waals surface area (Å²) in [4.78, 5) is 23.8. The fourth-order valence-electron chi connectivity index (χ4n) is 2.28. The van der Waals surface area contributed by atoms with Crippen LogP contribution in [0.4, 0.5) is 4.79 Å². The van der Waals surface area contributed by atoms with Crippen LogP contribution >= 0.6 is 0 Å². The third-order valence-electron chi connectivity index (χ3n) is 3.73. The minimum absolute atomic E-state index is 0.431. The summed E-state index contributed by atoms with van der Waals surface area (Å²) in [6.07, 6.45) is 0.849. The zero-order valence-electron chi connectivity index (χ0n) is 16.0. The van der Waals surface area contributed by atoms with Gasteiger partial charge in [0.25, 0.3) is 5.91 Å². The van der Waals surface area contributed by atoms with Gasteiger partial charge in [-0.15, -0.1) is 10.2 Å². The van der Waals surface area contributed by atoms with Gasteiger partial charge in [0.1, 0.15) is 6.04 Å². The van der Waals surface area contributed by atoms with Crippen LogP contribution in [0.2, 0.25) is 0 Å². The van der Waals surface area contributed by atoms with Crippen molar-refractivity contribution in [2.75, 3.05) is 14.2 Å². The molecule has 146 valence electrons. The van der Waals surface area contributed by atoms with Crippen LogP contribution in [0.25, 0.3) is 0 Å². The Hall–Kier alpha value is -3.14. The van der Waals surface area contributed by atoms with Crippen molar-refractivity contribution in [1.82, 2.24) is 26.8 Å². The van der Waals surface area contributed by atoms with E-state index in [1.54, 1.807) is 12.2 Å². The number of ether oxygens (including phenoxy) is 1. The van der Waals surface area contributed by atoms with Crippen molar-refractivity contribution < 1.29 is 14.3 Å². The lowest BCUT2D eigenvalue weighted by molar-refractivity contribution is -0.125. The Morgan fingerprint density at radius 1 is 1.30 bits per heavy atom. The molecule has 10 nitrogen and oxygen atoms in total. The van der Waals surface area contributed by atoms with Crippen LogP contribution in [-0.2, 0) is 9.53 Å².